The van der Waals surface area contributed by atoms with Gasteiger partial charge in [0.1, 0.15) is 0 Å². The summed E-state index contributed by atoms with van der Waals surface area (Å²) in [6.45, 7) is 12.8. The van der Waals surface area contributed by atoms with Crippen molar-refractivity contribution in [3.05, 3.63) is 12.4 Å². The summed E-state index contributed by atoms with van der Waals surface area (Å²) in [5.74, 6) is 0. The fraction of sp³-hybridized carbons (Fsp3) is 0.833. The molecule has 0 radical (unpaired) electrons. The molecule has 90 valence electrons. The molecule has 0 saturated carbocycles. The Bertz CT molecular complexity index is 213. The third kappa shape index (κ3) is 2.33. The van der Waals surface area contributed by atoms with Crippen LogP contribution in [0.15, 0.2) is 12.4 Å². The maximum Gasteiger partial charge on any atom is 0.0349 e. The molecule has 0 aliphatic carbocycles. The average molecular weight is 222 g/mol. The number of piperazine rings is 4. The topological polar surface area (TPSA) is 13.0 Å². The molecule has 0 aromatic carbocycles. The average Bonchev–Trinajstić information content (AvgIpc) is 2.44. The van der Waals surface area contributed by atoms with Gasteiger partial charge in [0.05, 0.1) is 0 Å². The smallest absolute Gasteiger partial charge is 0.0349 e. The largest absolute Gasteiger partial charge is 0.373 e. The van der Waals surface area contributed by atoms with Crippen molar-refractivity contribution >= 4 is 0 Å². The molecule has 6 aliphatic rings. The van der Waals surface area contributed by atoms with Crippen molar-refractivity contribution in [3.8, 4) is 0 Å². The summed E-state index contributed by atoms with van der Waals surface area (Å²) < 4.78 is 0. The Kier molecular flexibility index (Phi) is 3.02. The van der Waals surface area contributed by atoms with E-state index in [4.69, 9.17) is 0 Å². The molecule has 6 rings (SSSR count). The molecule has 0 aromatic heterocycles. The van der Waals surface area contributed by atoms with E-state index >= 15 is 0 Å². The zero-order valence-electron chi connectivity index (χ0n) is 10.0. The Morgan fingerprint density at radius 1 is 0.438 bits per heavy atom. The molecule has 0 N–H and O–H groups in total. The van der Waals surface area contributed by atoms with Crippen molar-refractivity contribution in [2.45, 2.75) is 0 Å². The Hall–Kier alpha value is -0.740. The van der Waals surface area contributed by atoms with Crippen LogP contribution in [0.3, 0.4) is 0 Å². The lowest BCUT2D eigenvalue weighted by molar-refractivity contribution is 0.0647. The molecular formula is C12H22N4. The lowest BCUT2D eigenvalue weighted by Crippen LogP contribution is -2.55. The van der Waals surface area contributed by atoms with Gasteiger partial charge >= 0.3 is 0 Å². The highest BCUT2D eigenvalue weighted by molar-refractivity contribution is 4.94. The molecule has 16 heavy (non-hydrogen) atoms. The van der Waals surface area contributed by atoms with Gasteiger partial charge in [-0.25, -0.2) is 0 Å². The van der Waals surface area contributed by atoms with E-state index in [1.165, 1.54) is 65.4 Å². The summed E-state index contributed by atoms with van der Waals surface area (Å²) in [5, 5.41) is 0. The van der Waals surface area contributed by atoms with E-state index in [-0.39, 0.29) is 0 Å². The standard InChI is InChI=1S/C6H12N2.C6H10N2/c2*1-2-8-5-3-7(1)4-6-8/h1-6H2;1-2H,3-6H2. The summed E-state index contributed by atoms with van der Waals surface area (Å²) in [6.07, 6.45) is 4.35. The van der Waals surface area contributed by atoms with Gasteiger partial charge in [0.25, 0.3) is 0 Å². The summed E-state index contributed by atoms with van der Waals surface area (Å²) in [6, 6.07) is 0. The van der Waals surface area contributed by atoms with Crippen molar-refractivity contribution in [2.75, 3.05) is 65.4 Å². The molecule has 0 aromatic rings. The van der Waals surface area contributed by atoms with Crippen LogP contribution in [0, 0.1) is 0 Å². The molecule has 4 saturated heterocycles. The molecule has 4 bridgehead atoms. The van der Waals surface area contributed by atoms with E-state index in [1.807, 2.05) is 0 Å². The minimum absolute atomic E-state index is 1.23. The van der Waals surface area contributed by atoms with E-state index in [9.17, 15) is 0 Å². The van der Waals surface area contributed by atoms with Gasteiger partial charge in [-0.2, -0.15) is 0 Å². The normalized spacial score (nSPS) is 35.0. The summed E-state index contributed by atoms with van der Waals surface area (Å²) in [4.78, 5) is 9.81. The van der Waals surface area contributed by atoms with Gasteiger partial charge in [-0.15, -0.1) is 0 Å². The first-order valence-corrected chi connectivity index (χ1v) is 6.51. The summed E-state index contributed by atoms with van der Waals surface area (Å²) >= 11 is 0. The van der Waals surface area contributed by atoms with Crippen molar-refractivity contribution in [2.24, 2.45) is 0 Å². The van der Waals surface area contributed by atoms with Gasteiger partial charge in [0.15, 0.2) is 0 Å². The Morgan fingerprint density at radius 2 is 0.750 bits per heavy atom. The van der Waals surface area contributed by atoms with Crippen molar-refractivity contribution < 1.29 is 0 Å². The molecule has 4 nitrogen and oxygen atoms in total. The molecule has 0 unspecified atom stereocenters. The molecule has 6 heterocycles. The Labute approximate surface area is 98.1 Å². The van der Waals surface area contributed by atoms with Crippen molar-refractivity contribution in [1.29, 1.82) is 0 Å². The maximum atomic E-state index is 2.54. The second-order valence-electron chi connectivity index (χ2n) is 5.05. The zero-order valence-corrected chi connectivity index (χ0v) is 10.0. The van der Waals surface area contributed by atoms with E-state index in [0.29, 0.717) is 0 Å². The van der Waals surface area contributed by atoms with Crippen LogP contribution in [0.5, 0.6) is 0 Å². The Morgan fingerprint density at radius 3 is 0.875 bits per heavy atom. The van der Waals surface area contributed by atoms with E-state index in [2.05, 4.69) is 32.0 Å². The number of nitrogens with zero attached hydrogens (tertiary/aromatic N) is 4. The molecule has 6 aliphatic heterocycles. The zero-order chi connectivity index (χ0) is 10.8. The van der Waals surface area contributed by atoms with Gasteiger partial charge < -0.3 is 9.80 Å². The minimum Gasteiger partial charge on any atom is -0.373 e. The molecule has 4 heteroatoms. The highest BCUT2D eigenvalue weighted by Gasteiger charge is 2.21. The van der Waals surface area contributed by atoms with Gasteiger partial charge in [-0.1, -0.05) is 0 Å². The van der Waals surface area contributed by atoms with Crippen molar-refractivity contribution in [1.82, 2.24) is 19.6 Å². The van der Waals surface area contributed by atoms with Crippen LogP contribution in [0.2, 0.25) is 0 Å². The number of rotatable bonds is 0. The number of fused-ring (bicyclic) bond motifs is 5. The van der Waals surface area contributed by atoms with Crippen LogP contribution in [0.1, 0.15) is 0 Å². The highest BCUT2D eigenvalue weighted by atomic mass is 15.3. The minimum atomic E-state index is 1.23. The molecule has 0 amide bonds. The second-order valence-corrected chi connectivity index (χ2v) is 5.05. The predicted molar refractivity (Wildman–Crippen MR) is 65.2 cm³/mol. The van der Waals surface area contributed by atoms with Gasteiger partial charge in [0.2, 0.25) is 0 Å². The van der Waals surface area contributed by atoms with Crippen LogP contribution in [0.25, 0.3) is 0 Å². The quantitative estimate of drug-likeness (QED) is 0.558. The fourth-order valence-corrected chi connectivity index (χ4v) is 2.74. The van der Waals surface area contributed by atoms with E-state index in [0.717, 1.165) is 0 Å². The van der Waals surface area contributed by atoms with E-state index in [1.54, 1.807) is 0 Å². The van der Waals surface area contributed by atoms with Crippen LogP contribution in [-0.4, -0.2) is 85.0 Å². The third-order valence-electron chi connectivity index (χ3n) is 4.03. The Balaban J connectivity index is 0.000000101. The first-order valence-electron chi connectivity index (χ1n) is 6.51. The molecule has 0 spiro atoms. The van der Waals surface area contributed by atoms with Gasteiger partial charge in [0, 0.05) is 77.8 Å². The molecule has 4 fully saturated rings. The van der Waals surface area contributed by atoms with Crippen molar-refractivity contribution in [3.63, 3.8) is 0 Å². The number of hydrogen-bond donors (Lipinski definition) is 0. The van der Waals surface area contributed by atoms with E-state index < -0.39 is 0 Å². The van der Waals surface area contributed by atoms with Crippen LogP contribution < -0.4 is 0 Å². The first-order chi connectivity index (χ1) is 7.90. The monoisotopic (exact) mass is 222 g/mol. The predicted octanol–water partition coefficient (Wildman–Crippen LogP) is -0.294. The highest BCUT2D eigenvalue weighted by Crippen LogP contribution is 2.08. The van der Waals surface area contributed by atoms with Gasteiger partial charge in [-0.05, 0) is 0 Å². The van der Waals surface area contributed by atoms with Gasteiger partial charge in [-0.3, -0.25) is 9.80 Å². The van der Waals surface area contributed by atoms with Crippen LogP contribution in [0.4, 0.5) is 0 Å². The fourth-order valence-electron chi connectivity index (χ4n) is 2.74. The summed E-state index contributed by atoms with van der Waals surface area (Å²) in [7, 11) is 0. The lowest BCUT2D eigenvalue weighted by Gasteiger charge is -2.41. The SMILES string of the molecule is C1=CN2CCN1CC2.C1CN2CCN1CC2. The first kappa shape index (κ1) is 10.4. The molecular weight excluding hydrogens is 200 g/mol. The third-order valence-corrected chi connectivity index (χ3v) is 4.03. The van der Waals surface area contributed by atoms with Crippen LogP contribution in [-0.2, 0) is 0 Å². The lowest BCUT2D eigenvalue weighted by atomic mass is 10.2. The maximum absolute atomic E-state index is 2.54. The summed E-state index contributed by atoms with van der Waals surface area (Å²) in [5.41, 5.74) is 0. The number of hydrogen-bond acceptors (Lipinski definition) is 4. The molecule has 0 atom stereocenters. The second kappa shape index (κ2) is 4.63. The van der Waals surface area contributed by atoms with Crippen LogP contribution >= 0.6 is 0 Å².